The Hall–Kier alpha value is -2.99. The Kier molecular flexibility index (Phi) is 5.45. The van der Waals surface area contributed by atoms with Gasteiger partial charge in [-0.1, -0.05) is 47.5 Å². The van der Waals surface area contributed by atoms with E-state index in [9.17, 15) is 9.59 Å². The van der Waals surface area contributed by atoms with E-state index in [1.54, 1.807) is 4.90 Å². The molecule has 0 N–H and O–H groups in total. The van der Waals surface area contributed by atoms with Gasteiger partial charge in [-0.2, -0.15) is 0 Å². The fourth-order valence-electron chi connectivity index (χ4n) is 3.30. The molecule has 4 rings (SSSR count). The second-order valence-electron chi connectivity index (χ2n) is 7.36. The van der Waals surface area contributed by atoms with E-state index in [0.717, 1.165) is 27.5 Å². The predicted molar refractivity (Wildman–Crippen MR) is 114 cm³/mol. The summed E-state index contributed by atoms with van der Waals surface area (Å²) >= 11 is 1.53. The molecule has 6 heteroatoms. The number of esters is 1. The van der Waals surface area contributed by atoms with E-state index >= 15 is 0 Å². The topological polar surface area (TPSA) is 59.5 Å². The average Bonchev–Trinajstić information content (AvgIpc) is 3.34. The summed E-state index contributed by atoms with van der Waals surface area (Å²) in [5, 5.41) is 2.80. The Morgan fingerprint density at radius 2 is 1.76 bits per heavy atom. The SMILES string of the molecule is Cc1ccc(-c2nc(COC(=O)[C@H]3CC(=O)N(c4ccc(C)cc4)C3)cs2)cc1. The number of hydrogen-bond acceptors (Lipinski definition) is 5. The molecule has 0 saturated carbocycles. The van der Waals surface area contributed by atoms with Crippen LogP contribution in [0.1, 0.15) is 23.2 Å². The molecule has 1 atom stereocenters. The van der Waals surface area contributed by atoms with Gasteiger partial charge < -0.3 is 9.64 Å². The van der Waals surface area contributed by atoms with Crippen LogP contribution in [0.15, 0.2) is 53.9 Å². The number of amides is 1. The van der Waals surface area contributed by atoms with Crippen LogP contribution in [0.25, 0.3) is 10.6 Å². The van der Waals surface area contributed by atoms with Crippen molar-refractivity contribution in [3.8, 4) is 10.6 Å². The summed E-state index contributed by atoms with van der Waals surface area (Å²) in [5.41, 5.74) is 4.92. The molecule has 1 amide bonds. The maximum absolute atomic E-state index is 12.5. The minimum absolute atomic E-state index is 0.0499. The quantitative estimate of drug-likeness (QED) is 0.585. The molecule has 1 aromatic heterocycles. The van der Waals surface area contributed by atoms with Crippen molar-refractivity contribution >= 4 is 28.9 Å². The van der Waals surface area contributed by atoms with Crippen LogP contribution in [0, 0.1) is 19.8 Å². The largest absolute Gasteiger partial charge is 0.459 e. The maximum atomic E-state index is 12.5. The molecule has 0 bridgehead atoms. The highest BCUT2D eigenvalue weighted by Crippen LogP contribution is 2.27. The number of aryl methyl sites for hydroxylation is 2. The van der Waals surface area contributed by atoms with Crippen molar-refractivity contribution in [1.82, 2.24) is 4.98 Å². The summed E-state index contributed by atoms with van der Waals surface area (Å²) in [6, 6.07) is 15.9. The number of carbonyl (C=O) groups is 2. The lowest BCUT2D eigenvalue weighted by atomic mass is 10.1. The lowest BCUT2D eigenvalue weighted by Gasteiger charge is -2.16. The average molecular weight is 407 g/mol. The van der Waals surface area contributed by atoms with Gasteiger partial charge in [-0.05, 0) is 26.0 Å². The van der Waals surface area contributed by atoms with Gasteiger partial charge in [-0.25, -0.2) is 4.98 Å². The van der Waals surface area contributed by atoms with Crippen LogP contribution in [0.5, 0.6) is 0 Å². The molecule has 0 spiro atoms. The molecule has 3 aromatic rings. The molecular weight excluding hydrogens is 384 g/mol. The zero-order valence-corrected chi connectivity index (χ0v) is 17.2. The highest BCUT2D eigenvalue weighted by atomic mass is 32.1. The first-order valence-corrected chi connectivity index (χ1v) is 10.4. The fraction of sp³-hybridized carbons (Fsp3) is 0.261. The van der Waals surface area contributed by atoms with Crippen molar-refractivity contribution < 1.29 is 14.3 Å². The summed E-state index contributed by atoms with van der Waals surface area (Å²) in [5.74, 6) is -0.844. The number of benzene rings is 2. The molecule has 1 saturated heterocycles. The fourth-order valence-corrected chi connectivity index (χ4v) is 4.12. The van der Waals surface area contributed by atoms with E-state index in [4.69, 9.17) is 4.74 Å². The summed E-state index contributed by atoms with van der Waals surface area (Å²) in [4.78, 5) is 31.0. The van der Waals surface area contributed by atoms with Gasteiger partial charge in [0.15, 0.2) is 0 Å². The molecule has 0 unspecified atom stereocenters. The van der Waals surface area contributed by atoms with E-state index in [1.165, 1.54) is 16.9 Å². The molecule has 29 heavy (non-hydrogen) atoms. The van der Waals surface area contributed by atoms with Crippen LogP contribution in [-0.4, -0.2) is 23.4 Å². The lowest BCUT2D eigenvalue weighted by molar-refractivity contribution is -0.149. The predicted octanol–water partition coefficient (Wildman–Crippen LogP) is 4.52. The summed E-state index contributed by atoms with van der Waals surface area (Å²) < 4.78 is 5.46. The lowest BCUT2D eigenvalue weighted by Crippen LogP contribution is -2.26. The van der Waals surface area contributed by atoms with E-state index < -0.39 is 5.92 Å². The third-order valence-corrected chi connectivity index (χ3v) is 5.96. The Morgan fingerprint density at radius 1 is 1.10 bits per heavy atom. The van der Waals surface area contributed by atoms with Crippen molar-refractivity contribution in [3.63, 3.8) is 0 Å². The second-order valence-corrected chi connectivity index (χ2v) is 8.22. The van der Waals surface area contributed by atoms with Gasteiger partial charge in [0.25, 0.3) is 0 Å². The van der Waals surface area contributed by atoms with Gasteiger partial charge in [0.05, 0.1) is 11.6 Å². The first-order chi connectivity index (χ1) is 14.0. The van der Waals surface area contributed by atoms with Crippen LogP contribution >= 0.6 is 11.3 Å². The number of aromatic nitrogens is 1. The molecule has 1 aliphatic rings. The Morgan fingerprint density at radius 3 is 2.45 bits per heavy atom. The van der Waals surface area contributed by atoms with Gasteiger partial charge in [-0.3, -0.25) is 9.59 Å². The highest BCUT2D eigenvalue weighted by molar-refractivity contribution is 7.13. The number of nitrogens with zero attached hydrogens (tertiary/aromatic N) is 2. The number of thiazole rings is 1. The third-order valence-electron chi connectivity index (χ3n) is 5.02. The number of rotatable bonds is 5. The number of hydrogen-bond donors (Lipinski definition) is 0. The maximum Gasteiger partial charge on any atom is 0.311 e. The minimum Gasteiger partial charge on any atom is -0.459 e. The molecule has 2 aromatic carbocycles. The summed E-state index contributed by atoms with van der Waals surface area (Å²) in [6.07, 6.45) is 0.179. The van der Waals surface area contributed by atoms with Crippen LogP contribution in [0.4, 0.5) is 5.69 Å². The van der Waals surface area contributed by atoms with Crippen molar-refractivity contribution in [2.24, 2.45) is 5.92 Å². The molecule has 1 fully saturated rings. The van der Waals surface area contributed by atoms with E-state index in [0.29, 0.717) is 6.54 Å². The molecule has 5 nitrogen and oxygen atoms in total. The van der Waals surface area contributed by atoms with Crippen molar-refractivity contribution in [1.29, 1.82) is 0 Å². The van der Waals surface area contributed by atoms with Gasteiger partial charge in [-0.15, -0.1) is 11.3 Å². The number of carbonyl (C=O) groups excluding carboxylic acids is 2. The summed E-state index contributed by atoms with van der Waals surface area (Å²) in [6.45, 7) is 4.52. The molecule has 0 radical (unpaired) electrons. The second kappa shape index (κ2) is 8.17. The van der Waals surface area contributed by atoms with Gasteiger partial charge >= 0.3 is 5.97 Å². The van der Waals surface area contributed by atoms with E-state index in [-0.39, 0.29) is 24.9 Å². The van der Waals surface area contributed by atoms with Crippen molar-refractivity contribution in [2.45, 2.75) is 26.9 Å². The first-order valence-electron chi connectivity index (χ1n) is 9.55. The van der Waals surface area contributed by atoms with Crippen molar-refractivity contribution in [2.75, 3.05) is 11.4 Å². The van der Waals surface area contributed by atoms with E-state index in [1.807, 2.05) is 67.8 Å². The smallest absolute Gasteiger partial charge is 0.311 e. The van der Waals surface area contributed by atoms with Gasteiger partial charge in [0.2, 0.25) is 5.91 Å². The first kappa shape index (κ1) is 19.3. The molecule has 1 aliphatic heterocycles. The Labute approximate surface area is 174 Å². The minimum atomic E-state index is -0.445. The monoisotopic (exact) mass is 406 g/mol. The highest BCUT2D eigenvalue weighted by Gasteiger charge is 2.36. The number of anilines is 1. The number of ether oxygens (including phenoxy) is 1. The van der Waals surface area contributed by atoms with Crippen LogP contribution in [-0.2, 0) is 20.9 Å². The third kappa shape index (κ3) is 4.38. The van der Waals surface area contributed by atoms with Gasteiger partial charge in [0.1, 0.15) is 11.6 Å². The molecule has 0 aliphatic carbocycles. The Bertz CT molecular complexity index is 1030. The molecule has 2 heterocycles. The zero-order chi connectivity index (χ0) is 20.4. The van der Waals surface area contributed by atoms with Crippen LogP contribution < -0.4 is 4.90 Å². The molecule has 148 valence electrons. The van der Waals surface area contributed by atoms with Crippen LogP contribution in [0.2, 0.25) is 0 Å². The standard InChI is InChI=1S/C23H22N2O3S/c1-15-3-7-17(8-4-15)22-24-19(14-29-22)13-28-23(27)18-11-21(26)25(12-18)20-9-5-16(2)6-10-20/h3-10,14,18H,11-13H2,1-2H3/t18-/m0/s1. The Balaban J connectivity index is 1.35. The van der Waals surface area contributed by atoms with Crippen LogP contribution in [0.3, 0.4) is 0 Å². The zero-order valence-electron chi connectivity index (χ0n) is 16.4. The normalized spacial score (nSPS) is 16.3. The van der Waals surface area contributed by atoms with E-state index in [2.05, 4.69) is 4.98 Å². The van der Waals surface area contributed by atoms with Gasteiger partial charge in [0, 0.05) is 29.6 Å². The van der Waals surface area contributed by atoms with Crippen molar-refractivity contribution in [3.05, 3.63) is 70.7 Å². The molecular formula is C23H22N2O3S. The summed E-state index contributed by atoms with van der Waals surface area (Å²) in [7, 11) is 0.